The molecule has 0 bridgehead atoms. The van der Waals surface area contributed by atoms with Crippen molar-refractivity contribution in [2.75, 3.05) is 26.2 Å². The summed E-state index contributed by atoms with van der Waals surface area (Å²) in [4.78, 5) is 29.0. The van der Waals surface area contributed by atoms with Crippen molar-refractivity contribution < 1.29 is 4.79 Å². The van der Waals surface area contributed by atoms with Crippen LogP contribution in [0.3, 0.4) is 0 Å². The second kappa shape index (κ2) is 7.17. The lowest BCUT2D eigenvalue weighted by atomic mass is 10.2. The number of nitrogens with zero attached hydrogens (tertiary/aromatic N) is 4. The maximum Gasteiger partial charge on any atom is 0.270 e. The van der Waals surface area contributed by atoms with Crippen LogP contribution in [0.5, 0.6) is 0 Å². The van der Waals surface area contributed by atoms with Gasteiger partial charge in [0.2, 0.25) is 0 Å². The molecule has 26 heavy (non-hydrogen) atoms. The fourth-order valence-electron chi connectivity index (χ4n) is 3.37. The van der Waals surface area contributed by atoms with Crippen molar-refractivity contribution in [1.29, 1.82) is 0 Å². The van der Waals surface area contributed by atoms with Crippen LogP contribution in [0.25, 0.3) is 10.9 Å². The monoisotopic (exact) mass is 413 g/mol. The fraction of sp³-hybridized carbons (Fsp3) is 0.316. The summed E-state index contributed by atoms with van der Waals surface area (Å²) in [6, 6.07) is 10.0. The molecule has 3 aromatic rings. The number of rotatable bonds is 3. The van der Waals surface area contributed by atoms with Crippen molar-refractivity contribution in [2.45, 2.75) is 13.0 Å². The number of para-hydroxylation sites is 1. The molecule has 134 valence electrons. The number of aromatic amines is 1. The third kappa shape index (κ3) is 3.37. The van der Waals surface area contributed by atoms with Gasteiger partial charge in [-0.25, -0.2) is 9.97 Å². The Morgan fingerprint density at radius 3 is 2.54 bits per heavy atom. The second-order valence-electron chi connectivity index (χ2n) is 6.53. The molecule has 1 fully saturated rings. The molecule has 7 heteroatoms. The SMILES string of the molecule is C[C@@H](c1ncc(Br)cn1)N1CCN(C(=O)c2cc3ccccc3[nH]2)CC1. The number of aromatic nitrogens is 3. The van der Waals surface area contributed by atoms with Gasteiger partial charge in [0.25, 0.3) is 5.91 Å². The third-order valence-corrected chi connectivity index (χ3v) is 5.33. The molecule has 1 atom stereocenters. The van der Waals surface area contributed by atoms with E-state index in [4.69, 9.17) is 0 Å². The molecular formula is C19H20BrN5O. The number of carbonyl (C=O) groups excluding carboxylic acids is 1. The highest BCUT2D eigenvalue weighted by Gasteiger charge is 2.27. The molecule has 0 saturated carbocycles. The zero-order valence-corrected chi connectivity index (χ0v) is 16.1. The van der Waals surface area contributed by atoms with E-state index in [-0.39, 0.29) is 11.9 Å². The highest BCUT2D eigenvalue weighted by molar-refractivity contribution is 9.10. The molecule has 0 spiro atoms. The van der Waals surface area contributed by atoms with Gasteiger partial charge in [-0.1, -0.05) is 18.2 Å². The second-order valence-corrected chi connectivity index (χ2v) is 7.45. The van der Waals surface area contributed by atoms with E-state index in [9.17, 15) is 4.79 Å². The van der Waals surface area contributed by atoms with Gasteiger partial charge in [0.05, 0.1) is 10.5 Å². The van der Waals surface area contributed by atoms with E-state index in [1.165, 1.54) is 0 Å². The Morgan fingerprint density at radius 2 is 1.85 bits per heavy atom. The van der Waals surface area contributed by atoms with Crippen LogP contribution in [0.4, 0.5) is 0 Å². The Bertz CT molecular complexity index is 882. The molecule has 4 rings (SSSR count). The largest absolute Gasteiger partial charge is 0.351 e. The topological polar surface area (TPSA) is 65.1 Å². The van der Waals surface area contributed by atoms with Gasteiger partial charge in [-0.15, -0.1) is 0 Å². The van der Waals surface area contributed by atoms with Crippen molar-refractivity contribution >= 4 is 32.7 Å². The molecule has 0 unspecified atom stereocenters. The lowest BCUT2D eigenvalue weighted by molar-refractivity contribution is 0.0571. The zero-order chi connectivity index (χ0) is 18.1. The van der Waals surface area contributed by atoms with E-state index in [2.05, 4.69) is 42.7 Å². The number of nitrogens with one attached hydrogen (secondary N) is 1. The Labute approximate surface area is 160 Å². The number of halogens is 1. The molecular weight excluding hydrogens is 394 g/mol. The average Bonchev–Trinajstić information content (AvgIpc) is 3.12. The minimum absolute atomic E-state index is 0.0633. The number of H-pyrrole nitrogens is 1. The standard InChI is InChI=1S/C19H20BrN5O/c1-13(18-21-11-15(20)12-22-18)24-6-8-25(9-7-24)19(26)17-10-14-4-2-3-5-16(14)23-17/h2-5,10-13,23H,6-9H2,1H3/t13-/m0/s1. The highest BCUT2D eigenvalue weighted by Crippen LogP contribution is 2.21. The third-order valence-electron chi connectivity index (χ3n) is 4.92. The fourth-order valence-corrected chi connectivity index (χ4v) is 3.58. The lowest BCUT2D eigenvalue weighted by Crippen LogP contribution is -2.49. The van der Waals surface area contributed by atoms with Gasteiger partial charge in [-0.05, 0) is 35.0 Å². The molecule has 3 heterocycles. The molecule has 6 nitrogen and oxygen atoms in total. The number of hydrogen-bond acceptors (Lipinski definition) is 4. The minimum Gasteiger partial charge on any atom is -0.351 e. The van der Waals surface area contributed by atoms with Gasteiger partial charge in [0, 0.05) is 49.5 Å². The molecule has 0 radical (unpaired) electrons. The van der Waals surface area contributed by atoms with Gasteiger partial charge >= 0.3 is 0 Å². The van der Waals surface area contributed by atoms with Crippen LogP contribution in [0.1, 0.15) is 29.3 Å². The Morgan fingerprint density at radius 1 is 1.15 bits per heavy atom. The number of benzene rings is 1. The summed E-state index contributed by atoms with van der Waals surface area (Å²) < 4.78 is 0.877. The minimum atomic E-state index is 0.0633. The summed E-state index contributed by atoms with van der Waals surface area (Å²) in [6.07, 6.45) is 3.54. The number of hydrogen-bond donors (Lipinski definition) is 1. The zero-order valence-electron chi connectivity index (χ0n) is 14.5. The number of carbonyl (C=O) groups is 1. The Hall–Kier alpha value is -2.25. The van der Waals surface area contributed by atoms with Crippen LogP contribution in [0.15, 0.2) is 47.2 Å². The molecule has 2 aromatic heterocycles. The predicted molar refractivity (Wildman–Crippen MR) is 104 cm³/mol. The number of amides is 1. The summed E-state index contributed by atoms with van der Waals surface area (Å²) in [5, 5.41) is 1.07. The number of piperazine rings is 1. The van der Waals surface area contributed by atoms with Gasteiger partial charge < -0.3 is 9.88 Å². The lowest BCUT2D eigenvalue weighted by Gasteiger charge is -2.37. The number of fused-ring (bicyclic) bond motifs is 1. The smallest absolute Gasteiger partial charge is 0.270 e. The van der Waals surface area contributed by atoms with Crippen LogP contribution < -0.4 is 0 Å². The van der Waals surface area contributed by atoms with Crippen LogP contribution >= 0.6 is 15.9 Å². The van der Waals surface area contributed by atoms with E-state index < -0.39 is 0 Å². The first kappa shape index (κ1) is 17.2. The highest BCUT2D eigenvalue weighted by atomic mass is 79.9. The van der Waals surface area contributed by atoms with E-state index in [1.54, 1.807) is 12.4 Å². The normalized spacial score (nSPS) is 16.8. The Kier molecular flexibility index (Phi) is 4.74. The van der Waals surface area contributed by atoms with E-state index in [0.717, 1.165) is 34.3 Å². The summed E-state index contributed by atoms with van der Waals surface area (Å²) in [6.45, 7) is 5.14. The van der Waals surface area contributed by atoms with Crippen molar-refractivity contribution in [1.82, 2.24) is 24.8 Å². The molecule has 1 N–H and O–H groups in total. The van der Waals surface area contributed by atoms with Crippen molar-refractivity contribution in [3.63, 3.8) is 0 Å². The van der Waals surface area contributed by atoms with Gasteiger partial charge in [0.15, 0.2) is 0 Å². The van der Waals surface area contributed by atoms with Gasteiger partial charge in [0.1, 0.15) is 11.5 Å². The van der Waals surface area contributed by atoms with E-state index >= 15 is 0 Å². The van der Waals surface area contributed by atoms with Gasteiger partial charge in [-0.3, -0.25) is 9.69 Å². The van der Waals surface area contributed by atoms with Crippen molar-refractivity contribution in [2.24, 2.45) is 0 Å². The van der Waals surface area contributed by atoms with E-state index in [0.29, 0.717) is 18.8 Å². The van der Waals surface area contributed by atoms with Crippen molar-refractivity contribution in [3.05, 3.63) is 58.7 Å². The molecule has 1 aromatic carbocycles. The summed E-state index contributed by atoms with van der Waals surface area (Å²) in [5.41, 5.74) is 1.65. The van der Waals surface area contributed by atoms with Crippen LogP contribution in [0, 0.1) is 0 Å². The first-order valence-electron chi connectivity index (χ1n) is 8.70. The predicted octanol–water partition coefficient (Wildman–Crippen LogP) is 3.24. The van der Waals surface area contributed by atoms with Crippen LogP contribution in [0.2, 0.25) is 0 Å². The quantitative estimate of drug-likeness (QED) is 0.715. The first-order chi connectivity index (χ1) is 12.6. The summed E-state index contributed by atoms with van der Waals surface area (Å²) in [7, 11) is 0. The average molecular weight is 414 g/mol. The summed E-state index contributed by atoms with van der Waals surface area (Å²) >= 11 is 3.36. The molecule has 0 aliphatic carbocycles. The van der Waals surface area contributed by atoms with Crippen LogP contribution in [-0.4, -0.2) is 56.8 Å². The molecule has 1 aliphatic heterocycles. The molecule has 1 saturated heterocycles. The molecule has 1 amide bonds. The van der Waals surface area contributed by atoms with Crippen LogP contribution in [-0.2, 0) is 0 Å². The van der Waals surface area contributed by atoms with Crippen molar-refractivity contribution in [3.8, 4) is 0 Å². The van der Waals surface area contributed by atoms with E-state index in [1.807, 2.05) is 35.2 Å². The maximum absolute atomic E-state index is 12.8. The molecule has 1 aliphatic rings. The Balaban J connectivity index is 1.41. The maximum atomic E-state index is 12.8. The van der Waals surface area contributed by atoms with Gasteiger partial charge in [-0.2, -0.15) is 0 Å². The summed E-state index contributed by atoms with van der Waals surface area (Å²) in [5.74, 6) is 0.872. The first-order valence-corrected chi connectivity index (χ1v) is 9.49.